The lowest BCUT2D eigenvalue weighted by atomic mass is 10.2. The number of aromatic amines is 1. The normalized spacial score (nSPS) is 10.7. The summed E-state index contributed by atoms with van der Waals surface area (Å²) in [5.41, 5.74) is 0.944. The second kappa shape index (κ2) is 8.47. The van der Waals surface area contributed by atoms with Crippen molar-refractivity contribution in [1.82, 2.24) is 15.2 Å². The highest BCUT2D eigenvalue weighted by Gasteiger charge is 2.09. The van der Waals surface area contributed by atoms with E-state index >= 15 is 0 Å². The van der Waals surface area contributed by atoms with E-state index in [9.17, 15) is 0 Å². The predicted molar refractivity (Wildman–Crippen MR) is 101 cm³/mol. The van der Waals surface area contributed by atoms with Crippen molar-refractivity contribution in [1.29, 1.82) is 0 Å². The Morgan fingerprint density at radius 3 is 2.48 bits per heavy atom. The van der Waals surface area contributed by atoms with Gasteiger partial charge in [0.2, 0.25) is 5.16 Å². The van der Waals surface area contributed by atoms with Crippen LogP contribution in [0.1, 0.15) is 0 Å². The Labute approximate surface area is 159 Å². The van der Waals surface area contributed by atoms with E-state index in [1.54, 1.807) is 25.3 Å². The van der Waals surface area contributed by atoms with Crippen molar-refractivity contribution in [3.63, 3.8) is 0 Å². The Morgan fingerprint density at radius 1 is 1.08 bits per heavy atom. The zero-order chi connectivity index (χ0) is 17.6. The number of benzene rings is 2. The standard InChI is InChI=1S/C17H15Cl2N3O2S/c1-23-12-7-5-11(6-8-12)16-20-17(22-21-16)25-10-9-24-15-13(18)3-2-4-14(15)19/h2-8H,9-10H2,1H3,(H,20,21,22). The molecule has 3 aromatic rings. The van der Waals surface area contributed by atoms with Crippen LogP contribution >= 0.6 is 35.0 Å². The predicted octanol–water partition coefficient (Wildman–Crippen LogP) is 4.96. The quantitative estimate of drug-likeness (QED) is 0.452. The zero-order valence-corrected chi connectivity index (χ0v) is 15.7. The number of rotatable bonds is 7. The number of H-pyrrole nitrogens is 1. The largest absolute Gasteiger partial charge is 0.497 e. The van der Waals surface area contributed by atoms with Gasteiger partial charge in [0.25, 0.3) is 0 Å². The van der Waals surface area contributed by atoms with Gasteiger partial charge in [-0.2, -0.15) is 0 Å². The number of halogens is 2. The van der Waals surface area contributed by atoms with Crippen LogP contribution in [-0.4, -0.2) is 34.7 Å². The minimum absolute atomic E-state index is 0.445. The molecule has 1 N–H and O–H groups in total. The maximum absolute atomic E-state index is 6.06. The van der Waals surface area contributed by atoms with E-state index in [1.807, 2.05) is 24.3 Å². The summed E-state index contributed by atoms with van der Waals surface area (Å²) in [6, 6.07) is 12.9. The first-order chi connectivity index (χ1) is 12.2. The van der Waals surface area contributed by atoms with E-state index in [1.165, 1.54) is 11.8 Å². The number of thioether (sulfide) groups is 1. The van der Waals surface area contributed by atoms with Gasteiger partial charge >= 0.3 is 0 Å². The van der Waals surface area contributed by atoms with E-state index in [0.717, 1.165) is 11.3 Å². The van der Waals surface area contributed by atoms with Crippen molar-refractivity contribution in [2.24, 2.45) is 0 Å². The Bertz CT molecular complexity index is 820. The maximum Gasteiger partial charge on any atom is 0.208 e. The fraction of sp³-hybridized carbons (Fsp3) is 0.176. The van der Waals surface area contributed by atoms with Gasteiger partial charge in [-0.05, 0) is 36.4 Å². The summed E-state index contributed by atoms with van der Waals surface area (Å²) in [6.07, 6.45) is 0. The van der Waals surface area contributed by atoms with E-state index < -0.39 is 0 Å². The fourth-order valence-corrected chi connectivity index (χ4v) is 3.21. The van der Waals surface area contributed by atoms with E-state index in [-0.39, 0.29) is 0 Å². The first kappa shape index (κ1) is 17.9. The Hall–Kier alpha value is -1.89. The molecule has 0 fully saturated rings. The van der Waals surface area contributed by atoms with Crippen LogP contribution in [0, 0.1) is 0 Å². The van der Waals surface area contributed by atoms with Crippen molar-refractivity contribution < 1.29 is 9.47 Å². The van der Waals surface area contributed by atoms with Crippen LogP contribution in [0.4, 0.5) is 0 Å². The second-order valence-electron chi connectivity index (χ2n) is 4.94. The van der Waals surface area contributed by atoms with Gasteiger partial charge in [-0.1, -0.05) is 41.0 Å². The first-order valence-corrected chi connectivity index (χ1v) is 9.18. The lowest BCUT2D eigenvalue weighted by Crippen LogP contribution is -2.01. The van der Waals surface area contributed by atoms with E-state index in [4.69, 9.17) is 32.7 Å². The van der Waals surface area contributed by atoms with Crippen molar-refractivity contribution in [2.75, 3.05) is 19.5 Å². The molecule has 0 radical (unpaired) electrons. The molecular formula is C17H15Cl2N3O2S. The molecule has 0 aliphatic heterocycles. The van der Waals surface area contributed by atoms with Crippen LogP contribution in [0.5, 0.6) is 11.5 Å². The minimum atomic E-state index is 0.445. The summed E-state index contributed by atoms with van der Waals surface area (Å²) >= 11 is 13.6. The molecule has 0 saturated carbocycles. The number of methoxy groups -OCH3 is 1. The molecule has 8 heteroatoms. The van der Waals surface area contributed by atoms with E-state index in [0.29, 0.717) is 39.1 Å². The third kappa shape index (κ3) is 4.60. The topological polar surface area (TPSA) is 60.0 Å². The molecule has 0 aliphatic carbocycles. The Kier molecular flexibility index (Phi) is 6.07. The van der Waals surface area contributed by atoms with Gasteiger partial charge in [-0.15, -0.1) is 5.10 Å². The maximum atomic E-state index is 6.06. The van der Waals surface area contributed by atoms with Crippen molar-refractivity contribution in [3.8, 4) is 22.9 Å². The Morgan fingerprint density at radius 2 is 1.80 bits per heavy atom. The highest BCUT2D eigenvalue weighted by Crippen LogP contribution is 2.32. The molecular weight excluding hydrogens is 381 g/mol. The average Bonchev–Trinajstić information content (AvgIpc) is 3.10. The number of nitrogens with zero attached hydrogens (tertiary/aromatic N) is 2. The minimum Gasteiger partial charge on any atom is -0.497 e. The molecule has 1 aromatic heterocycles. The average molecular weight is 396 g/mol. The van der Waals surface area contributed by atoms with Crippen LogP contribution < -0.4 is 9.47 Å². The van der Waals surface area contributed by atoms with Crippen molar-refractivity contribution in [2.45, 2.75) is 5.16 Å². The van der Waals surface area contributed by atoms with Crippen LogP contribution in [0.15, 0.2) is 47.6 Å². The molecule has 5 nitrogen and oxygen atoms in total. The number of nitrogens with one attached hydrogen (secondary N) is 1. The zero-order valence-electron chi connectivity index (χ0n) is 13.3. The van der Waals surface area contributed by atoms with Gasteiger partial charge in [0.1, 0.15) is 5.75 Å². The summed E-state index contributed by atoms with van der Waals surface area (Å²) in [6.45, 7) is 0.445. The van der Waals surface area contributed by atoms with Gasteiger partial charge in [-0.3, -0.25) is 5.10 Å². The van der Waals surface area contributed by atoms with Crippen LogP contribution in [0.3, 0.4) is 0 Å². The number of hydrogen-bond donors (Lipinski definition) is 1. The molecule has 1 heterocycles. The van der Waals surface area contributed by atoms with Crippen LogP contribution in [0.2, 0.25) is 10.0 Å². The molecule has 0 saturated heterocycles. The van der Waals surface area contributed by atoms with Gasteiger partial charge in [-0.25, -0.2) is 4.98 Å². The summed E-state index contributed by atoms with van der Waals surface area (Å²) in [5, 5.41) is 8.78. The van der Waals surface area contributed by atoms with E-state index in [2.05, 4.69) is 15.2 Å². The molecule has 130 valence electrons. The van der Waals surface area contributed by atoms with Crippen LogP contribution in [-0.2, 0) is 0 Å². The Balaban J connectivity index is 1.53. The van der Waals surface area contributed by atoms with Gasteiger partial charge in [0.05, 0.1) is 23.8 Å². The summed E-state index contributed by atoms with van der Waals surface area (Å²) in [5.74, 6) is 2.68. The molecule has 0 bridgehead atoms. The fourth-order valence-electron chi connectivity index (χ4n) is 2.09. The molecule has 0 aliphatic rings. The molecule has 2 aromatic carbocycles. The molecule has 25 heavy (non-hydrogen) atoms. The molecule has 0 unspecified atom stereocenters. The molecule has 3 rings (SSSR count). The number of ether oxygens (including phenoxy) is 2. The summed E-state index contributed by atoms with van der Waals surface area (Å²) < 4.78 is 10.8. The third-order valence-corrected chi connectivity index (χ3v) is 4.72. The summed E-state index contributed by atoms with van der Waals surface area (Å²) in [4.78, 5) is 4.46. The smallest absolute Gasteiger partial charge is 0.208 e. The first-order valence-electron chi connectivity index (χ1n) is 7.44. The third-order valence-electron chi connectivity index (χ3n) is 3.31. The monoisotopic (exact) mass is 395 g/mol. The lowest BCUT2D eigenvalue weighted by Gasteiger charge is -2.08. The van der Waals surface area contributed by atoms with Crippen molar-refractivity contribution in [3.05, 3.63) is 52.5 Å². The second-order valence-corrected chi connectivity index (χ2v) is 6.82. The number of aromatic nitrogens is 3. The number of hydrogen-bond acceptors (Lipinski definition) is 5. The van der Waals surface area contributed by atoms with Gasteiger partial charge in [0, 0.05) is 11.3 Å². The summed E-state index contributed by atoms with van der Waals surface area (Å²) in [7, 11) is 1.63. The van der Waals surface area contributed by atoms with Crippen molar-refractivity contribution >= 4 is 35.0 Å². The number of para-hydroxylation sites is 1. The molecule has 0 amide bonds. The molecule has 0 atom stereocenters. The SMILES string of the molecule is COc1ccc(-c2nc(SCCOc3c(Cl)cccc3Cl)n[nH]2)cc1. The van der Waals surface area contributed by atoms with Gasteiger partial charge in [0.15, 0.2) is 11.6 Å². The highest BCUT2D eigenvalue weighted by atomic mass is 35.5. The van der Waals surface area contributed by atoms with Gasteiger partial charge < -0.3 is 9.47 Å². The highest BCUT2D eigenvalue weighted by molar-refractivity contribution is 7.99. The lowest BCUT2D eigenvalue weighted by molar-refractivity contribution is 0.344. The van der Waals surface area contributed by atoms with Crippen LogP contribution in [0.25, 0.3) is 11.4 Å². The molecule has 0 spiro atoms.